The molecule has 2 aliphatic heterocycles. The van der Waals surface area contributed by atoms with Gasteiger partial charge in [-0.15, -0.1) is 0 Å². The first-order valence-corrected chi connectivity index (χ1v) is 9.95. The molecule has 0 saturated carbocycles. The van der Waals surface area contributed by atoms with Gasteiger partial charge >= 0.3 is 0 Å². The predicted octanol–water partition coefficient (Wildman–Crippen LogP) is 2.40. The molecule has 0 fully saturated rings. The van der Waals surface area contributed by atoms with Gasteiger partial charge in [-0.05, 0) is 47.5 Å². The largest absolute Gasteiger partial charge is 0.454 e. The molecule has 3 heterocycles. The molecule has 0 saturated heterocycles. The SMILES string of the molecule is O=C(NCc1ccc2c(c1)OCO2)c1ccnc(C(=O)NCc2ccc3c(c2)OCO3)c1. The molecule has 2 aromatic carbocycles. The van der Waals surface area contributed by atoms with Crippen molar-refractivity contribution in [1.82, 2.24) is 15.6 Å². The van der Waals surface area contributed by atoms with Crippen molar-refractivity contribution >= 4 is 11.8 Å². The molecule has 2 N–H and O–H groups in total. The lowest BCUT2D eigenvalue weighted by Gasteiger charge is -2.08. The number of hydrogen-bond acceptors (Lipinski definition) is 7. The molecule has 3 aromatic rings. The average molecular weight is 433 g/mol. The van der Waals surface area contributed by atoms with Crippen LogP contribution in [0.3, 0.4) is 0 Å². The molecular weight excluding hydrogens is 414 g/mol. The van der Waals surface area contributed by atoms with Gasteiger partial charge in [-0.3, -0.25) is 14.6 Å². The van der Waals surface area contributed by atoms with Crippen molar-refractivity contribution in [3.63, 3.8) is 0 Å². The number of benzene rings is 2. The Morgan fingerprint density at radius 2 is 1.28 bits per heavy atom. The lowest BCUT2D eigenvalue weighted by molar-refractivity contribution is 0.0945. The van der Waals surface area contributed by atoms with Gasteiger partial charge in [-0.2, -0.15) is 0 Å². The Bertz CT molecular complexity index is 1110. The highest BCUT2D eigenvalue weighted by Crippen LogP contribution is 2.33. The van der Waals surface area contributed by atoms with E-state index in [2.05, 4.69) is 15.6 Å². The maximum atomic E-state index is 12.6. The smallest absolute Gasteiger partial charge is 0.270 e. The van der Waals surface area contributed by atoms with Crippen LogP contribution in [0.25, 0.3) is 0 Å². The highest BCUT2D eigenvalue weighted by atomic mass is 16.7. The third-order valence-corrected chi connectivity index (χ3v) is 5.03. The van der Waals surface area contributed by atoms with E-state index >= 15 is 0 Å². The summed E-state index contributed by atoms with van der Waals surface area (Å²) < 4.78 is 21.3. The number of ether oxygens (including phenoxy) is 4. The van der Waals surface area contributed by atoms with Crippen molar-refractivity contribution in [1.29, 1.82) is 0 Å². The van der Waals surface area contributed by atoms with Gasteiger partial charge in [0.25, 0.3) is 11.8 Å². The molecule has 0 atom stereocenters. The number of hydrogen-bond donors (Lipinski definition) is 2. The Balaban J connectivity index is 1.19. The van der Waals surface area contributed by atoms with Crippen molar-refractivity contribution in [3.05, 3.63) is 77.1 Å². The summed E-state index contributed by atoms with van der Waals surface area (Å²) >= 11 is 0. The standard InChI is InChI=1S/C23H19N3O6/c27-22(25-10-14-1-3-18-20(7-14)31-12-29-18)16-5-6-24-17(9-16)23(28)26-11-15-2-4-19-21(8-15)32-13-30-19/h1-9H,10-13H2,(H,25,27)(H,26,28). The second-order valence-electron chi connectivity index (χ2n) is 7.17. The van der Waals surface area contributed by atoms with Gasteiger partial charge in [0, 0.05) is 24.8 Å². The number of nitrogens with one attached hydrogen (secondary N) is 2. The average Bonchev–Trinajstić information content (AvgIpc) is 3.49. The van der Waals surface area contributed by atoms with Crippen LogP contribution in [0, 0.1) is 0 Å². The van der Waals surface area contributed by atoms with Gasteiger partial charge in [-0.1, -0.05) is 12.1 Å². The van der Waals surface area contributed by atoms with Crippen LogP contribution in [0.2, 0.25) is 0 Å². The minimum absolute atomic E-state index is 0.154. The van der Waals surface area contributed by atoms with Gasteiger partial charge in [0.1, 0.15) is 5.69 Å². The zero-order valence-electron chi connectivity index (χ0n) is 16.9. The van der Waals surface area contributed by atoms with Crippen LogP contribution in [0.5, 0.6) is 23.0 Å². The Morgan fingerprint density at radius 1 is 0.719 bits per heavy atom. The van der Waals surface area contributed by atoms with E-state index in [4.69, 9.17) is 18.9 Å². The van der Waals surface area contributed by atoms with Gasteiger partial charge in [0.2, 0.25) is 13.6 Å². The number of nitrogens with zero attached hydrogens (tertiary/aromatic N) is 1. The lowest BCUT2D eigenvalue weighted by atomic mass is 10.1. The molecule has 1 aromatic heterocycles. The summed E-state index contributed by atoms with van der Waals surface area (Å²) in [7, 11) is 0. The molecule has 0 aliphatic carbocycles. The molecular formula is C23H19N3O6. The van der Waals surface area contributed by atoms with E-state index < -0.39 is 0 Å². The quantitative estimate of drug-likeness (QED) is 0.615. The monoisotopic (exact) mass is 433 g/mol. The maximum Gasteiger partial charge on any atom is 0.270 e. The summed E-state index contributed by atoms with van der Waals surface area (Å²) in [5, 5.41) is 5.63. The van der Waals surface area contributed by atoms with E-state index in [0.29, 0.717) is 35.1 Å². The number of rotatable bonds is 6. The molecule has 0 spiro atoms. The van der Waals surface area contributed by atoms with E-state index in [1.165, 1.54) is 12.3 Å². The minimum Gasteiger partial charge on any atom is -0.454 e. The number of carbonyl (C=O) groups is 2. The Hall–Kier alpha value is -4.27. The zero-order chi connectivity index (χ0) is 21.9. The van der Waals surface area contributed by atoms with Gasteiger partial charge in [0.15, 0.2) is 23.0 Å². The van der Waals surface area contributed by atoms with Crippen LogP contribution >= 0.6 is 0 Å². The molecule has 9 nitrogen and oxygen atoms in total. The Labute approximate surface area is 183 Å². The van der Waals surface area contributed by atoms with E-state index in [9.17, 15) is 9.59 Å². The van der Waals surface area contributed by atoms with Crippen molar-refractivity contribution in [3.8, 4) is 23.0 Å². The number of amides is 2. The molecule has 5 rings (SSSR count). The zero-order valence-corrected chi connectivity index (χ0v) is 16.9. The Kier molecular flexibility index (Phi) is 5.20. The van der Waals surface area contributed by atoms with Crippen molar-refractivity contribution in [2.45, 2.75) is 13.1 Å². The molecule has 0 bridgehead atoms. The molecule has 0 unspecified atom stereocenters. The second-order valence-corrected chi connectivity index (χ2v) is 7.17. The van der Waals surface area contributed by atoms with Gasteiger partial charge < -0.3 is 29.6 Å². The first-order chi connectivity index (χ1) is 15.7. The molecule has 162 valence electrons. The lowest BCUT2D eigenvalue weighted by Crippen LogP contribution is -2.26. The van der Waals surface area contributed by atoms with E-state index in [0.717, 1.165) is 11.1 Å². The predicted molar refractivity (Wildman–Crippen MR) is 112 cm³/mol. The van der Waals surface area contributed by atoms with Crippen LogP contribution in [0.1, 0.15) is 32.0 Å². The summed E-state index contributed by atoms with van der Waals surface area (Å²) in [5.74, 6) is 1.98. The molecule has 9 heteroatoms. The van der Waals surface area contributed by atoms with Gasteiger partial charge in [0.05, 0.1) is 0 Å². The molecule has 32 heavy (non-hydrogen) atoms. The number of fused-ring (bicyclic) bond motifs is 2. The fourth-order valence-electron chi connectivity index (χ4n) is 3.36. The summed E-state index contributed by atoms with van der Waals surface area (Å²) in [6.45, 7) is 0.987. The van der Waals surface area contributed by atoms with Crippen LogP contribution in [-0.4, -0.2) is 30.4 Å². The summed E-state index contributed by atoms with van der Waals surface area (Å²) in [4.78, 5) is 29.2. The fourth-order valence-corrected chi connectivity index (χ4v) is 3.36. The summed E-state index contributed by atoms with van der Waals surface area (Å²) in [6.07, 6.45) is 1.44. The van der Waals surface area contributed by atoms with Crippen LogP contribution in [0.4, 0.5) is 0 Å². The van der Waals surface area contributed by atoms with Gasteiger partial charge in [-0.25, -0.2) is 0 Å². The maximum absolute atomic E-state index is 12.6. The van der Waals surface area contributed by atoms with Crippen molar-refractivity contribution in [2.75, 3.05) is 13.6 Å². The summed E-state index contributed by atoms with van der Waals surface area (Å²) in [5.41, 5.74) is 2.23. The number of pyridine rings is 1. The highest BCUT2D eigenvalue weighted by Gasteiger charge is 2.16. The third kappa shape index (κ3) is 4.13. The van der Waals surface area contributed by atoms with Crippen molar-refractivity contribution < 1.29 is 28.5 Å². The van der Waals surface area contributed by atoms with E-state index in [1.807, 2.05) is 24.3 Å². The Morgan fingerprint density at radius 3 is 1.91 bits per heavy atom. The first kappa shape index (κ1) is 19.7. The van der Waals surface area contributed by atoms with Crippen LogP contribution < -0.4 is 29.6 Å². The van der Waals surface area contributed by atoms with E-state index in [1.54, 1.807) is 18.2 Å². The van der Waals surface area contributed by atoms with Crippen LogP contribution in [0.15, 0.2) is 54.7 Å². The normalized spacial score (nSPS) is 13.0. The van der Waals surface area contributed by atoms with Crippen LogP contribution in [-0.2, 0) is 13.1 Å². The topological polar surface area (TPSA) is 108 Å². The number of carbonyl (C=O) groups excluding carboxylic acids is 2. The molecule has 2 amide bonds. The first-order valence-electron chi connectivity index (χ1n) is 9.95. The third-order valence-electron chi connectivity index (χ3n) is 5.03. The molecule has 0 radical (unpaired) electrons. The highest BCUT2D eigenvalue weighted by molar-refractivity contribution is 5.98. The second kappa shape index (κ2) is 8.46. The minimum atomic E-state index is -0.381. The summed E-state index contributed by atoms with van der Waals surface area (Å²) in [6, 6.07) is 14.0. The van der Waals surface area contributed by atoms with E-state index in [-0.39, 0.29) is 37.6 Å². The fraction of sp³-hybridized carbons (Fsp3) is 0.174. The number of aromatic nitrogens is 1. The van der Waals surface area contributed by atoms with Crippen molar-refractivity contribution in [2.24, 2.45) is 0 Å². The molecule has 2 aliphatic rings.